The van der Waals surface area contributed by atoms with Crippen LogP contribution in [-0.4, -0.2) is 38.7 Å². The summed E-state index contributed by atoms with van der Waals surface area (Å²) in [6, 6.07) is 9.87. The van der Waals surface area contributed by atoms with Crippen LogP contribution >= 0.6 is 0 Å². The number of benzene rings is 1. The fourth-order valence-electron chi connectivity index (χ4n) is 1.71. The van der Waals surface area contributed by atoms with E-state index in [1.807, 2.05) is 36.5 Å². The van der Waals surface area contributed by atoms with E-state index in [1.165, 1.54) is 0 Å². The van der Waals surface area contributed by atoms with Crippen LogP contribution in [-0.2, 0) is 6.54 Å². The molecule has 0 spiro atoms. The van der Waals surface area contributed by atoms with Gasteiger partial charge in [0.15, 0.2) is 0 Å². The van der Waals surface area contributed by atoms with Crippen LogP contribution in [0.4, 0.5) is 0 Å². The molecule has 0 fully saturated rings. The summed E-state index contributed by atoms with van der Waals surface area (Å²) in [5.41, 5.74) is 0.948. The zero-order chi connectivity index (χ0) is 13.7. The third-order valence-electron chi connectivity index (χ3n) is 2.83. The smallest absolute Gasteiger partial charge is 0.0972 e. The molecule has 1 unspecified atom stereocenters. The van der Waals surface area contributed by atoms with E-state index in [2.05, 4.69) is 10.4 Å². The van der Waals surface area contributed by atoms with Crippen LogP contribution < -0.4 is 5.32 Å². The normalized spacial score (nSPS) is 14.3. The average molecular weight is 261 g/mol. The maximum absolute atomic E-state index is 9.65. The predicted molar refractivity (Wildman–Crippen MR) is 73.0 cm³/mol. The summed E-state index contributed by atoms with van der Waals surface area (Å²) in [6.07, 6.45) is 3.73. The van der Waals surface area contributed by atoms with E-state index >= 15 is 0 Å². The van der Waals surface area contributed by atoms with Crippen molar-refractivity contribution < 1.29 is 10.2 Å². The van der Waals surface area contributed by atoms with Crippen molar-refractivity contribution in [3.63, 3.8) is 0 Å². The number of nitrogens with one attached hydrogen (secondary N) is 1. The molecule has 102 valence electrons. The average Bonchev–Trinajstić information content (AvgIpc) is 2.88. The van der Waals surface area contributed by atoms with Crippen molar-refractivity contribution in [1.82, 2.24) is 15.1 Å². The van der Waals surface area contributed by atoms with Crippen molar-refractivity contribution in [3.8, 4) is 5.69 Å². The fourth-order valence-corrected chi connectivity index (χ4v) is 1.71. The van der Waals surface area contributed by atoms with Gasteiger partial charge >= 0.3 is 0 Å². The lowest BCUT2D eigenvalue weighted by Crippen LogP contribution is -2.40. The molecular weight excluding hydrogens is 242 g/mol. The minimum atomic E-state index is -1.09. The first-order valence-corrected chi connectivity index (χ1v) is 6.24. The van der Waals surface area contributed by atoms with Gasteiger partial charge in [0.05, 0.1) is 24.1 Å². The molecule has 5 nitrogen and oxygen atoms in total. The van der Waals surface area contributed by atoms with Gasteiger partial charge in [0.1, 0.15) is 0 Å². The molecule has 0 amide bonds. The molecule has 1 heterocycles. The SMILES string of the molecule is CC(O)(CO)CNCc1cnn(-c2ccccc2)c1. The van der Waals surface area contributed by atoms with E-state index in [9.17, 15) is 5.11 Å². The van der Waals surface area contributed by atoms with Crippen LogP contribution in [0.1, 0.15) is 12.5 Å². The molecule has 0 aliphatic rings. The van der Waals surface area contributed by atoms with Crippen LogP contribution in [0.5, 0.6) is 0 Å². The Bertz CT molecular complexity index is 508. The van der Waals surface area contributed by atoms with Gasteiger partial charge in [-0.05, 0) is 19.1 Å². The second-order valence-corrected chi connectivity index (χ2v) is 4.89. The van der Waals surface area contributed by atoms with E-state index in [0.717, 1.165) is 11.3 Å². The third-order valence-corrected chi connectivity index (χ3v) is 2.83. The second-order valence-electron chi connectivity index (χ2n) is 4.89. The maximum Gasteiger partial charge on any atom is 0.0972 e. The molecule has 0 radical (unpaired) electrons. The monoisotopic (exact) mass is 261 g/mol. The van der Waals surface area contributed by atoms with Gasteiger partial charge < -0.3 is 15.5 Å². The molecule has 2 aromatic rings. The predicted octanol–water partition coefficient (Wildman–Crippen LogP) is 0.705. The summed E-state index contributed by atoms with van der Waals surface area (Å²) < 4.78 is 1.81. The van der Waals surface area contributed by atoms with Crippen molar-refractivity contribution in [2.24, 2.45) is 0 Å². The van der Waals surface area contributed by atoms with Crippen LogP contribution in [0, 0.1) is 0 Å². The van der Waals surface area contributed by atoms with Gasteiger partial charge in [0, 0.05) is 24.8 Å². The number of nitrogens with zero attached hydrogens (tertiary/aromatic N) is 2. The van der Waals surface area contributed by atoms with E-state index in [4.69, 9.17) is 5.11 Å². The number of aliphatic hydroxyl groups is 2. The van der Waals surface area contributed by atoms with Gasteiger partial charge in [-0.2, -0.15) is 5.10 Å². The largest absolute Gasteiger partial charge is 0.393 e. The molecule has 1 atom stereocenters. The Morgan fingerprint density at radius 2 is 2.05 bits per heavy atom. The van der Waals surface area contributed by atoms with Crippen molar-refractivity contribution in [2.75, 3.05) is 13.2 Å². The highest BCUT2D eigenvalue weighted by molar-refractivity contribution is 5.30. The first kappa shape index (κ1) is 13.7. The summed E-state index contributed by atoms with van der Waals surface area (Å²) in [5.74, 6) is 0. The fraction of sp³-hybridized carbons (Fsp3) is 0.357. The molecular formula is C14H19N3O2. The molecule has 0 aliphatic carbocycles. The summed E-state index contributed by atoms with van der Waals surface area (Å²) in [6.45, 7) is 2.26. The third kappa shape index (κ3) is 3.89. The number of hydrogen-bond acceptors (Lipinski definition) is 4. The van der Waals surface area contributed by atoms with E-state index < -0.39 is 5.60 Å². The molecule has 5 heteroatoms. The number of hydrogen-bond donors (Lipinski definition) is 3. The van der Waals surface area contributed by atoms with Gasteiger partial charge in [-0.1, -0.05) is 18.2 Å². The van der Waals surface area contributed by atoms with Crippen LogP contribution in [0.25, 0.3) is 5.69 Å². The van der Waals surface area contributed by atoms with E-state index in [0.29, 0.717) is 13.1 Å². The maximum atomic E-state index is 9.65. The van der Waals surface area contributed by atoms with E-state index in [-0.39, 0.29) is 6.61 Å². The van der Waals surface area contributed by atoms with Crippen molar-refractivity contribution >= 4 is 0 Å². The molecule has 0 aliphatic heterocycles. The number of aliphatic hydroxyl groups excluding tert-OH is 1. The minimum absolute atomic E-state index is 0.261. The quantitative estimate of drug-likeness (QED) is 0.716. The Labute approximate surface area is 112 Å². The summed E-state index contributed by atoms with van der Waals surface area (Å²) in [4.78, 5) is 0. The molecule has 0 saturated carbocycles. The summed E-state index contributed by atoms with van der Waals surface area (Å²) >= 11 is 0. The number of rotatable bonds is 6. The lowest BCUT2D eigenvalue weighted by atomic mass is 10.1. The summed E-state index contributed by atoms with van der Waals surface area (Å²) in [7, 11) is 0. The van der Waals surface area contributed by atoms with Crippen LogP contribution in [0.2, 0.25) is 0 Å². The van der Waals surface area contributed by atoms with Crippen molar-refractivity contribution in [1.29, 1.82) is 0 Å². The van der Waals surface area contributed by atoms with Gasteiger partial charge in [0.25, 0.3) is 0 Å². The molecule has 0 bridgehead atoms. The molecule has 19 heavy (non-hydrogen) atoms. The van der Waals surface area contributed by atoms with Crippen LogP contribution in [0.15, 0.2) is 42.7 Å². The minimum Gasteiger partial charge on any atom is -0.393 e. The van der Waals surface area contributed by atoms with Gasteiger partial charge in [-0.25, -0.2) is 4.68 Å². The zero-order valence-electron chi connectivity index (χ0n) is 11.0. The number of para-hydroxylation sites is 1. The van der Waals surface area contributed by atoms with Gasteiger partial charge in [-0.15, -0.1) is 0 Å². The molecule has 3 N–H and O–H groups in total. The first-order valence-electron chi connectivity index (χ1n) is 6.24. The lowest BCUT2D eigenvalue weighted by Gasteiger charge is -2.20. The van der Waals surface area contributed by atoms with Crippen molar-refractivity contribution in [3.05, 3.63) is 48.3 Å². The Morgan fingerprint density at radius 3 is 2.74 bits per heavy atom. The molecule has 1 aromatic heterocycles. The highest BCUT2D eigenvalue weighted by Crippen LogP contribution is 2.07. The highest BCUT2D eigenvalue weighted by atomic mass is 16.3. The van der Waals surface area contributed by atoms with Gasteiger partial charge in [-0.3, -0.25) is 0 Å². The zero-order valence-corrected chi connectivity index (χ0v) is 11.0. The van der Waals surface area contributed by atoms with Crippen LogP contribution in [0.3, 0.4) is 0 Å². The standard InChI is InChI=1S/C14H19N3O2/c1-14(19,11-18)10-15-7-12-8-16-17(9-12)13-5-3-2-4-6-13/h2-6,8-9,15,18-19H,7,10-11H2,1H3. The highest BCUT2D eigenvalue weighted by Gasteiger charge is 2.17. The first-order chi connectivity index (χ1) is 9.11. The molecule has 0 saturated heterocycles. The lowest BCUT2D eigenvalue weighted by molar-refractivity contribution is 0.00254. The molecule has 1 aromatic carbocycles. The Kier molecular flexibility index (Phi) is 4.31. The second kappa shape index (κ2) is 5.97. The Morgan fingerprint density at radius 1 is 1.32 bits per heavy atom. The Hall–Kier alpha value is -1.69. The van der Waals surface area contributed by atoms with E-state index in [1.54, 1.807) is 17.8 Å². The van der Waals surface area contributed by atoms with Gasteiger partial charge in [0.2, 0.25) is 0 Å². The molecule has 2 rings (SSSR count). The topological polar surface area (TPSA) is 70.3 Å². The Balaban J connectivity index is 1.92. The van der Waals surface area contributed by atoms with Crippen molar-refractivity contribution in [2.45, 2.75) is 19.1 Å². The summed E-state index contributed by atoms with van der Waals surface area (Å²) in [5, 5.41) is 26.0. The number of aromatic nitrogens is 2.